The number of nitrogens with zero attached hydrogens (tertiary/aromatic N) is 2. The second-order valence-electron chi connectivity index (χ2n) is 7.56. The number of aliphatic imine (C=N–C) groups is 1. The molecule has 2 N–H and O–H groups in total. The molecule has 0 radical (unpaired) electrons. The number of rotatable bonds is 8. The molecule has 0 bridgehead atoms. The lowest BCUT2D eigenvalue weighted by atomic mass is 9.92. The Morgan fingerprint density at radius 3 is 2.64 bits per heavy atom. The van der Waals surface area contributed by atoms with Crippen molar-refractivity contribution >= 4 is 16.0 Å². The first-order valence-electron chi connectivity index (χ1n) is 9.96. The molecule has 0 amide bonds. The highest BCUT2D eigenvalue weighted by molar-refractivity contribution is 7.89. The van der Waals surface area contributed by atoms with Crippen molar-refractivity contribution in [3.05, 3.63) is 29.8 Å². The fourth-order valence-corrected chi connectivity index (χ4v) is 4.68. The highest BCUT2D eigenvalue weighted by Crippen LogP contribution is 2.21. The molecule has 1 aromatic carbocycles. The second kappa shape index (κ2) is 10.8. The van der Waals surface area contributed by atoms with Crippen molar-refractivity contribution in [1.82, 2.24) is 14.9 Å². The van der Waals surface area contributed by atoms with Crippen LogP contribution in [0.25, 0.3) is 0 Å². The predicted molar refractivity (Wildman–Crippen MR) is 113 cm³/mol. The molecule has 1 fully saturated rings. The molecule has 0 saturated carbocycles. The summed E-state index contributed by atoms with van der Waals surface area (Å²) in [6.45, 7) is 10.4. The third-order valence-electron chi connectivity index (χ3n) is 4.72. The number of piperidine rings is 1. The van der Waals surface area contributed by atoms with Gasteiger partial charge in [-0.25, -0.2) is 18.1 Å². The van der Waals surface area contributed by atoms with Crippen molar-refractivity contribution < 1.29 is 13.2 Å². The zero-order chi connectivity index (χ0) is 20.6. The second-order valence-corrected chi connectivity index (χ2v) is 9.33. The first kappa shape index (κ1) is 22.6. The SMILES string of the molecule is CCNC(=NCc1cccc(S(=O)(=O)NCCOC)c1)N1CC(C)CC(C)C1. The van der Waals surface area contributed by atoms with Crippen LogP contribution in [-0.2, 0) is 21.3 Å². The van der Waals surface area contributed by atoms with E-state index in [1.54, 1.807) is 25.3 Å². The summed E-state index contributed by atoms with van der Waals surface area (Å²) in [5.74, 6) is 2.17. The zero-order valence-corrected chi connectivity index (χ0v) is 18.3. The summed E-state index contributed by atoms with van der Waals surface area (Å²) in [6, 6.07) is 6.95. The Morgan fingerprint density at radius 2 is 2.00 bits per heavy atom. The van der Waals surface area contributed by atoms with Crippen LogP contribution in [0.4, 0.5) is 0 Å². The molecule has 2 unspecified atom stereocenters. The lowest BCUT2D eigenvalue weighted by molar-refractivity contribution is 0.204. The van der Waals surface area contributed by atoms with Crippen LogP contribution in [0.5, 0.6) is 0 Å². The van der Waals surface area contributed by atoms with E-state index in [-0.39, 0.29) is 11.4 Å². The average molecular weight is 411 g/mol. The molecule has 2 rings (SSSR count). The fraction of sp³-hybridized carbons (Fsp3) is 0.650. The predicted octanol–water partition coefficient (Wildman–Crippen LogP) is 2.05. The molecule has 158 valence electrons. The van der Waals surface area contributed by atoms with Crippen LogP contribution >= 0.6 is 0 Å². The van der Waals surface area contributed by atoms with E-state index in [0.717, 1.165) is 31.2 Å². The van der Waals surface area contributed by atoms with Crippen LogP contribution in [0.1, 0.15) is 32.8 Å². The van der Waals surface area contributed by atoms with E-state index < -0.39 is 10.0 Å². The van der Waals surface area contributed by atoms with Crippen molar-refractivity contribution in [3.8, 4) is 0 Å². The van der Waals surface area contributed by atoms with E-state index >= 15 is 0 Å². The van der Waals surface area contributed by atoms with Gasteiger partial charge in [0.2, 0.25) is 10.0 Å². The summed E-state index contributed by atoms with van der Waals surface area (Å²) < 4.78 is 32.2. The number of benzene rings is 1. The van der Waals surface area contributed by atoms with Crippen LogP contribution in [-0.4, -0.2) is 59.2 Å². The molecule has 0 aromatic heterocycles. The van der Waals surface area contributed by atoms with Crippen LogP contribution in [0, 0.1) is 11.8 Å². The van der Waals surface area contributed by atoms with Gasteiger partial charge >= 0.3 is 0 Å². The fourth-order valence-electron chi connectivity index (χ4n) is 3.60. The van der Waals surface area contributed by atoms with Crippen molar-refractivity contribution in [2.45, 2.75) is 38.6 Å². The minimum absolute atomic E-state index is 0.247. The summed E-state index contributed by atoms with van der Waals surface area (Å²) >= 11 is 0. The average Bonchev–Trinajstić information content (AvgIpc) is 2.64. The summed E-state index contributed by atoms with van der Waals surface area (Å²) in [6.07, 6.45) is 1.24. The Balaban J connectivity index is 2.12. The van der Waals surface area contributed by atoms with Gasteiger partial charge in [0.05, 0.1) is 18.0 Å². The Morgan fingerprint density at radius 1 is 1.29 bits per heavy atom. The van der Waals surface area contributed by atoms with Gasteiger partial charge in [0, 0.05) is 33.3 Å². The van der Waals surface area contributed by atoms with Gasteiger partial charge in [-0.1, -0.05) is 26.0 Å². The normalized spacial score (nSPS) is 21.0. The summed E-state index contributed by atoms with van der Waals surface area (Å²) in [7, 11) is -2.00. The maximum atomic E-state index is 12.4. The molecule has 8 heteroatoms. The van der Waals surface area contributed by atoms with E-state index in [2.05, 4.69) is 35.7 Å². The lowest BCUT2D eigenvalue weighted by Gasteiger charge is -2.37. The van der Waals surface area contributed by atoms with Crippen molar-refractivity contribution in [2.24, 2.45) is 16.8 Å². The third kappa shape index (κ3) is 6.76. The summed E-state index contributed by atoms with van der Waals surface area (Å²) in [5, 5.41) is 3.37. The number of sulfonamides is 1. The molecule has 1 aliphatic heterocycles. The van der Waals surface area contributed by atoms with Gasteiger partial charge in [-0.05, 0) is 42.9 Å². The van der Waals surface area contributed by atoms with Crippen molar-refractivity contribution in [3.63, 3.8) is 0 Å². The molecule has 7 nitrogen and oxygen atoms in total. The summed E-state index contributed by atoms with van der Waals surface area (Å²) in [4.78, 5) is 7.34. The maximum Gasteiger partial charge on any atom is 0.240 e. The Kier molecular flexibility index (Phi) is 8.72. The standard InChI is InChI=1S/C20H34N4O3S/c1-5-21-20(24-14-16(2)11-17(3)15-24)22-13-18-7-6-8-19(12-18)28(25,26)23-9-10-27-4/h6-8,12,16-17,23H,5,9-11,13-15H2,1-4H3,(H,21,22). The minimum atomic E-state index is -3.54. The number of hydrogen-bond acceptors (Lipinski definition) is 4. The number of likely N-dealkylation sites (tertiary alicyclic amines) is 1. The van der Waals surface area contributed by atoms with Crippen molar-refractivity contribution in [1.29, 1.82) is 0 Å². The highest BCUT2D eigenvalue weighted by atomic mass is 32.2. The smallest absolute Gasteiger partial charge is 0.240 e. The van der Waals surface area contributed by atoms with E-state index in [1.165, 1.54) is 6.42 Å². The van der Waals surface area contributed by atoms with Gasteiger partial charge < -0.3 is 15.0 Å². The van der Waals surface area contributed by atoms with E-state index in [0.29, 0.717) is 25.0 Å². The number of methoxy groups -OCH3 is 1. The minimum Gasteiger partial charge on any atom is -0.383 e. The van der Waals surface area contributed by atoms with Crippen LogP contribution in [0.2, 0.25) is 0 Å². The lowest BCUT2D eigenvalue weighted by Crippen LogP contribution is -2.48. The van der Waals surface area contributed by atoms with Gasteiger partial charge in [0.15, 0.2) is 5.96 Å². The Bertz CT molecular complexity index is 742. The number of guanidine groups is 1. The van der Waals surface area contributed by atoms with Gasteiger partial charge in [-0.15, -0.1) is 0 Å². The van der Waals surface area contributed by atoms with E-state index in [1.807, 2.05) is 6.07 Å². The Labute approximate surface area is 169 Å². The molecule has 1 aromatic rings. The van der Waals surface area contributed by atoms with Crippen LogP contribution in [0.3, 0.4) is 0 Å². The largest absolute Gasteiger partial charge is 0.383 e. The van der Waals surface area contributed by atoms with Gasteiger partial charge in [0.25, 0.3) is 0 Å². The first-order chi connectivity index (χ1) is 13.4. The summed E-state index contributed by atoms with van der Waals surface area (Å²) in [5.41, 5.74) is 0.864. The number of hydrogen-bond donors (Lipinski definition) is 2. The molecule has 1 saturated heterocycles. The Hall–Kier alpha value is -1.64. The number of nitrogens with one attached hydrogen (secondary N) is 2. The molecular weight excluding hydrogens is 376 g/mol. The van der Waals surface area contributed by atoms with Gasteiger partial charge in [0.1, 0.15) is 0 Å². The van der Waals surface area contributed by atoms with Gasteiger partial charge in [-0.3, -0.25) is 0 Å². The van der Waals surface area contributed by atoms with Crippen LogP contribution < -0.4 is 10.0 Å². The molecule has 0 aliphatic carbocycles. The van der Waals surface area contributed by atoms with E-state index in [4.69, 9.17) is 9.73 Å². The zero-order valence-electron chi connectivity index (χ0n) is 17.4. The van der Waals surface area contributed by atoms with E-state index in [9.17, 15) is 8.42 Å². The molecular formula is C20H34N4O3S. The topological polar surface area (TPSA) is 83.0 Å². The molecule has 1 aliphatic rings. The quantitative estimate of drug-likeness (QED) is 0.389. The maximum absolute atomic E-state index is 12.4. The molecule has 28 heavy (non-hydrogen) atoms. The molecule has 1 heterocycles. The van der Waals surface area contributed by atoms with Crippen LogP contribution in [0.15, 0.2) is 34.2 Å². The first-order valence-corrected chi connectivity index (χ1v) is 11.4. The van der Waals surface area contributed by atoms with Crippen molar-refractivity contribution in [2.75, 3.05) is 39.9 Å². The number of ether oxygens (including phenoxy) is 1. The third-order valence-corrected chi connectivity index (χ3v) is 6.18. The molecule has 0 spiro atoms. The van der Waals surface area contributed by atoms with Gasteiger partial charge in [-0.2, -0.15) is 0 Å². The molecule has 2 atom stereocenters. The highest BCUT2D eigenvalue weighted by Gasteiger charge is 2.24. The monoisotopic (exact) mass is 410 g/mol.